The van der Waals surface area contributed by atoms with E-state index in [-0.39, 0.29) is 0 Å². The first-order chi connectivity index (χ1) is 14.7. The predicted molar refractivity (Wildman–Crippen MR) is 123 cm³/mol. The summed E-state index contributed by atoms with van der Waals surface area (Å²) in [7, 11) is 0. The Bertz CT molecular complexity index is 495. The second-order valence-corrected chi connectivity index (χ2v) is 7.72. The summed E-state index contributed by atoms with van der Waals surface area (Å²) in [6.45, 7) is 5.20. The summed E-state index contributed by atoms with van der Waals surface area (Å²) < 4.78 is 10.1. The fourth-order valence-corrected chi connectivity index (χ4v) is 3.04. The van der Waals surface area contributed by atoms with E-state index in [2.05, 4.69) is 37.5 Å². The summed E-state index contributed by atoms with van der Waals surface area (Å²) in [4.78, 5) is 22.9. The van der Waals surface area contributed by atoms with Gasteiger partial charge in [-0.05, 0) is 24.7 Å². The lowest BCUT2D eigenvalue weighted by molar-refractivity contribution is -0.137. The Morgan fingerprint density at radius 2 is 0.800 bits per heavy atom. The molecule has 0 aliphatic carbocycles. The van der Waals surface area contributed by atoms with E-state index in [9.17, 15) is 9.59 Å². The zero-order valence-electron chi connectivity index (χ0n) is 19.4. The van der Waals surface area contributed by atoms with Crippen LogP contribution in [0, 0.1) is 23.7 Å². The van der Waals surface area contributed by atoms with E-state index in [1.54, 1.807) is 0 Å². The van der Waals surface area contributed by atoms with Crippen LogP contribution in [0.1, 0.15) is 117 Å². The Morgan fingerprint density at radius 3 is 1.13 bits per heavy atom. The maximum Gasteiger partial charge on any atom is 0.385 e. The first kappa shape index (κ1) is 28.1. The third kappa shape index (κ3) is 22.4. The van der Waals surface area contributed by atoms with Gasteiger partial charge in [0, 0.05) is 11.8 Å². The molecule has 0 aromatic rings. The molecule has 0 N–H and O–H groups in total. The zero-order valence-corrected chi connectivity index (χ0v) is 19.4. The van der Waals surface area contributed by atoms with E-state index in [0.717, 1.165) is 25.7 Å². The van der Waals surface area contributed by atoms with E-state index in [1.165, 1.54) is 77.0 Å². The molecule has 0 bridgehead atoms. The van der Waals surface area contributed by atoms with E-state index < -0.39 is 11.9 Å². The van der Waals surface area contributed by atoms with Gasteiger partial charge in [-0.15, -0.1) is 0 Å². The molecule has 0 saturated heterocycles. The van der Waals surface area contributed by atoms with Crippen LogP contribution >= 0.6 is 0 Å². The zero-order chi connectivity index (χ0) is 22.1. The molecule has 0 aliphatic heterocycles. The normalized spacial score (nSPS) is 9.80. The lowest BCUT2D eigenvalue weighted by atomic mass is 10.1. The van der Waals surface area contributed by atoms with Crippen LogP contribution in [0.3, 0.4) is 0 Å². The first-order valence-corrected chi connectivity index (χ1v) is 12.1. The Kier molecular flexibility index (Phi) is 21.8. The minimum atomic E-state index is -0.598. The van der Waals surface area contributed by atoms with Gasteiger partial charge < -0.3 is 9.47 Å². The maximum absolute atomic E-state index is 11.5. The minimum absolute atomic E-state index is 0.385. The third-order valence-electron chi connectivity index (χ3n) is 4.85. The van der Waals surface area contributed by atoms with Gasteiger partial charge in [-0.3, -0.25) is 0 Å². The van der Waals surface area contributed by atoms with Gasteiger partial charge in [0.1, 0.15) is 0 Å². The third-order valence-corrected chi connectivity index (χ3v) is 4.85. The van der Waals surface area contributed by atoms with Crippen LogP contribution in [0.4, 0.5) is 0 Å². The minimum Gasteiger partial charge on any atom is -0.456 e. The molecule has 0 aromatic carbocycles. The lowest BCUT2D eigenvalue weighted by Gasteiger charge is -2.02. The van der Waals surface area contributed by atoms with Gasteiger partial charge in [0.2, 0.25) is 0 Å². The Labute approximate surface area is 184 Å². The van der Waals surface area contributed by atoms with Gasteiger partial charge in [0.25, 0.3) is 0 Å². The number of ether oxygens (including phenoxy) is 2. The summed E-state index contributed by atoms with van der Waals surface area (Å²) in [6, 6.07) is 0. The molecule has 170 valence electrons. The van der Waals surface area contributed by atoms with Crippen molar-refractivity contribution in [2.45, 2.75) is 117 Å². The molecule has 4 heteroatoms. The molecule has 0 unspecified atom stereocenters. The topological polar surface area (TPSA) is 52.6 Å². The second kappa shape index (κ2) is 23.3. The van der Waals surface area contributed by atoms with Crippen molar-refractivity contribution >= 4 is 11.9 Å². The number of unbranched alkanes of at least 4 members (excludes halogenated alkanes) is 14. The molecular weight excluding hydrogens is 376 g/mol. The quantitative estimate of drug-likeness (QED) is 0.112. The molecule has 0 aromatic heterocycles. The van der Waals surface area contributed by atoms with Crippen LogP contribution in [0.15, 0.2) is 0 Å². The Hall–Kier alpha value is -1.94. The second-order valence-electron chi connectivity index (χ2n) is 7.72. The number of carbonyl (C=O) groups is 2. The van der Waals surface area contributed by atoms with Crippen LogP contribution in [0.5, 0.6) is 0 Å². The number of carbonyl (C=O) groups excluding carboxylic acids is 2. The summed E-state index contributed by atoms with van der Waals surface area (Å²) in [5, 5.41) is 0. The van der Waals surface area contributed by atoms with Crippen molar-refractivity contribution in [3.63, 3.8) is 0 Å². The molecular formula is C26H42O4. The van der Waals surface area contributed by atoms with Crippen molar-refractivity contribution in [2.75, 3.05) is 13.2 Å². The highest BCUT2D eigenvalue weighted by Crippen LogP contribution is 2.09. The van der Waals surface area contributed by atoms with Gasteiger partial charge in [-0.1, -0.05) is 104 Å². The number of esters is 2. The van der Waals surface area contributed by atoms with Crippen molar-refractivity contribution in [1.29, 1.82) is 0 Å². The predicted octanol–water partition coefficient (Wildman–Crippen LogP) is 6.36. The van der Waals surface area contributed by atoms with E-state index in [4.69, 9.17) is 9.47 Å². The van der Waals surface area contributed by atoms with Crippen LogP contribution in [0.25, 0.3) is 0 Å². The summed E-state index contributed by atoms with van der Waals surface area (Å²) in [5.74, 6) is 8.05. The van der Waals surface area contributed by atoms with Gasteiger partial charge in [-0.25, -0.2) is 9.59 Å². The average Bonchev–Trinajstić information content (AvgIpc) is 2.74. The molecule has 0 saturated carbocycles. The van der Waals surface area contributed by atoms with Crippen LogP contribution in [0.2, 0.25) is 0 Å². The molecule has 0 aliphatic rings. The summed E-state index contributed by atoms with van der Waals surface area (Å²) >= 11 is 0. The van der Waals surface area contributed by atoms with Crippen molar-refractivity contribution in [1.82, 2.24) is 0 Å². The fraction of sp³-hybridized carbons (Fsp3) is 0.769. The largest absolute Gasteiger partial charge is 0.456 e. The van der Waals surface area contributed by atoms with Crippen LogP contribution < -0.4 is 0 Å². The van der Waals surface area contributed by atoms with Crippen molar-refractivity contribution in [3.05, 3.63) is 0 Å². The molecule has 0 spiro atoms. The highest BCUT2D eigenvalue weighted by Gasteiger charge is 1.98. The van der Waals surface area contributed by atoms with E-state index in [0.29, 0.717) is 13.2 Å². The Morgan fingerprint density at radius 1 is 0.500 bits per heavy atom. The van der Waals surface area contributed by atoms with Crippen molar-refractivity contribution in [2.24, 2.45) is 0 Å². The number of hydrogen-bond donors (Lipinski definition) is 0. The molecule has 0 amide bonds. The molecule has 0 fully saturated rings. The summed E-state index contributed by atoms with van der Waals surface area (Å²) in [5.41, 5.74) is 0. The number of rotatable bonds is 18. The molecule has 0 atom stereocenters. The molecule has 30 heavy (non-hydrogen) atoms. The first-order valence-electron chi connectivity index (χ1n) is 12.1. The lowest BCUT2D eigenvalue weighted by Crippen LogP contribution is -2.03. The fourth-order valence-electron chi connectivity index (χ4n) is 3.04. The highest BCUT2D eigenvalue weighted by atomic mass is 16.5. The molecule has 0 rings (SSSR count). The Balaban J connectivity index is 3.58. The van der Waals surface area contributed by atoms with Gasteiger partial charge in [-0.2, -0.15) is 0 Å². The van der Waals surface area contributed by atoms with Crippen molar-refractivity contribution < 1.29 is 19.1 Å². The average molecular weight is 419 g/mol. The molecule has 0 radical (unpaired) electrons. The SMILES string of the molecule is CCCCCCCCCCOC(=O)C#CC#CC(=O)OCCCCCCCCCC. The van der Waals surface area contributed by atoms with Gasteiger partial charge in [0.15, 0.2) is 0 Å². The number of hydrogen-bond acceptors (Lipinski definition) is 4. The standard InChI is InChI=1S/C26H42O4/c1-3-5-7-9-11-13-15-19-23-29-25(27)21-17-18-22-26(28)30-24-20-16-14-12-10-8-6-4-2/h3-16,19-20,23-24H2,1-2H3. The van der Waals surface area contributed by atoms with Gasteiger partial charge in [0.05, 0.1) is 13.2 Å². The molecule has 4 nitrogen and oxygen atoms in total. The smallest absolute Gasteiger partial charge is 0.385 e. The van der Waals surface area contributed by atoms with Crippen molar-refractivity contribution in [3.8, 4) is 23.7 Å². The van der Waals surface area contributed by atoms with Crippen LogP contribution in [-0.2, 0) is 19.1 Å². The monoisotopic (exact) mass is 418 g/mol. The van der Waals surface area contributed by atoms with E-state index >= 15 is 0 Å². The van der Waals surface area contributed by atoms with Gasteiger partial charge >= 0.3 is 11.9 Å². The molecule has 0 heterocycles. The summed E-state index contributed by atoms with van der Waals surface area (Å²) in [6.07, 6.45) is 19.1. The maximum atomic E-state index is 11.5. The van der Waals surface area contributed by atoms with Crippen LogP contribution in [-0.4, -0.2) is 25.2 Å². The van der Waals surface area contributed by atoms with E-state index in [1.807, 2.05) is 0 Å². The highest BCUT2D eigenvalue weighted by molar-refractivity contribution is 5.91.